The lowest BCUT2D eigenvalue weighted by atomic mass is 10.1. The lowest BCUT2D eigenvalue weighted by molar-refractivity contribution is -0.137. The van der Waals surface area contributed by atoms with Gasteiger partial charge >= 0.3 is 6.18 Å². The zero-order valence-corrected chi connectivity index (χ0v) is 17.3. The van der Waals surface area contributed by atoms with Gasteiger partial charge in [0.05, 0.1) is 17.4 Å². The van der Waals surface area contributed by atoms with Crippen molar-refractivity contribution in [2.45, 2.75) is 32.5 Å². The van der Waals surface area contributed by atoms with Gasteiger partial charge in [0.25, 0.3) is 11.8 Å². The third-order valence-corrected chi connectivity index (χ3v) is 4.67. The number of benzene rings is 2. The molecule has 0 saturated carbocycles. The zero-order chi connectivity index (χ0) is 23.1. The van der Waals surface area contributed by atoms with Gasteiger partial charge in [-0.05, 0) is 36.2 Å². The van der Waals surface area contributed by atoms with Crippen LogP contribution in [-0.2, 0) is 12.7 Å². The predicted molar refractivity (Wildman–Crippen MR) is 111 cm³/mol. The molecule has 1 heterocycles. The molecule has 32 heavy (non-hydrogen) atoms. The molecule has 0 aliphatic heterocycles. The molecule has 0 bridgehead atoms. The Morgan fingerprint density at radius 2 is 1.72 bits per heavy atom. The van der Waals surface area contributed by atoms with Crippen LogP contribution in [0, 0.1) is 0 Å². The fraction of sp³-hybridized carbons (Fsp3) is 0.273. The highest BCUT2D eigenvalue weighted by atomic mass is 19.4. The van der Waals surface area contributed by atoms with E-state index in [1.54, 1.807) is 24.3 Å². The Balaban J connectivity index is 1.61. The largest absolute Gasteiger partial charge is 0.418 e. The number of hydrogen-bond donors (Lipinski definition) is 2. The Hall–Kier alpha value is -3.69. The molecule has 0 fully saturated rings. The number of hydrogen-bond acceptors (Lipinski definition) is 4. The third kappa shape index (κ3) is 5.71. The second-order valence-electron chi connectivity index (χ2n) is 7.05. The van der Waals surface area contributed by atoms with Gasteiger partial charge in [0.2, 0.25) is 0 Å². The van der Waals surface area contributed by atoms with E-state index < -0.39 is 17.6 Å². The number of aromatic nitrogens is 3. The smallest absolute Gasteiger partial charge is 0.352 e. The monoisotopic (exact) mass is 445 g/mol. The number of nitrogens with one attached hydrogen (secondary N) is 2. The second-order valence-corrected chi connectivity index (χ2v) is 7.05. The van der Waals surface area contributed by atoms with Crippen LogP contribution in [0.4, 0.5) is 13.2 Å². The lowest BCUT2D eigenvalue weighted by Crippen LogP contribution is -2.25. The number of para-hydroxylation sites is 1. The molecule has 2 amide bonds. The molecule has 0 saturated heterocycles. The van der Waals surface area contributed by atoms with Crippen molar-refractivity contribution in [2.24, 2.45) is 0 Å². The number of amides is 2. The first-order valence-electron chi connectivity index (χ1n) is 10.0. The SMILES string of the molecule is CCCCNC(=O)c1ccc(CNC(=O)c2cn(-c3ccccc3C(F)(F)F)nn2)cc1. The summed E-state index contributed by atoms with van der Waals surface area (Å²) in [6.07, 6.45) is -1.53. The molecule has 0 spiro atoms. The topological polar surface area (TPSA) is 88.9 Å². The highest BCUT2D eigenvalue weighted by Gasteiger charge is 2.34. The maximum absolute atomic E-state index is 13.2. The lowest BCUT2D eigenvalue weighted by Gasteiger charge is -2.11. The number of nitrogens with zero attached hydrogens (tertiary/aromatic N) is 3. The summed E-state index contributed by atoms with van der Waals surface area (Å²) in [6, 6.07) is 11.7. The van der Waals surface area contributed by atoms with Crippen LogP contribution >= 0.6 is 0 Å². The predicted octanol–water partition coefficient (Wildman–Crippen LogP) is 3.75. The van der Waals surface area contributed by atoms with Crippen LogP contribution in [-0.4, -0.2) is 33.4 Å². The van der Waals surface area contributed by atoms with Crippen LogP contribution in [0.1, 0.15) is 51.7 Å². The average molecular weight is 445 g/mol. The number of halogens is 3. The van der Waals surface area contributed by atoms with Gasteiger partial charge in [-0.15, -0.1) is 5.10 Å². The number of unbranched alkanes of at least 4 members (excludes halogenated alkanes) is 1. The second kappa shape index (κ2) is 10.1. The van der Waals surface area contributed by atoms with Crippen molar-refractivity contribution >= 4 is 11.8 Å². The molecule has 3 aromatic rings. The van der Waals surface area contributed by atoms with Crippen molar-refractivity contribution in [3.05, 3.63) is 77.1 Å². The van der Waals surface area contributed by atoms with Crippen LogP contribution in [0.25, 0.3) is 5.69 Å². The van der Waals surface area contributed by atoms with E-state index >= 15 is 0 Å². The highest BCUT2D eigenvalue weighted by Crippen LogP contribution is 2.33. The van der Waals surface area contributed by atoms with Gasteiger partial charge in [-0.1, -0.05) is 42.8 Å². The van der Waals surface area contributed by atoms with E-state index in [9.17, 15) is 22.8 Å². The van der Waals surface area contributed by atoms with Crippen molar-refractivity contribution in [1.29, 1.82) is 0 Å². The quantitative estimate of drug-likeness (QED) is 0.517. The van der Waals surface area contributed by atoms with Crippen LogP contribution < -0.4 is 10.6 Å². The molecule has 0 aliphatic carbocycles. The van der Waals surface area contributed by atoms with Gasteiger partial charge < -0.3 is 10.6 Å². The molecule has 0 atom stereocenters. The first-order valence-corrected chi connectivity index (χ1v) is 10.0. The van der Waals surface area contributed by atoms with Crippen molar-refractivity contribution in [2.75, 3.05) is 6.54 Å². The van der Waals surface area contributed by atoms with E-state index in [-0.39, 0.29) is 23.8 Å². The average Bonchev–Trinajstić information content (AvgIpc) is 3.28. The van der Waals surface area contributed by atoms with Gasteiger partial charge in [0.1, 0.15) is 0 Å². The molecule has 1 aromatic heterocycles. The van der Waals surface area contributed by atoms with Gasteiger partial charge in [-0.25, -0.2) is 4.68 Å². The number of carbonyl (C=O) groups is 2. The fourth-order valence-corrected chi connectivity index (χ4v) is 2.93. The number of rotatable bonds is 8. The van der Waals surface area contributed by atoms with Crippen LogP contribution in [0.15, 0.2) is 54.7 Å². The van der Waals surface area contributed by atoms with Crippen LogP contribution in [0.5, 0.6) is 0 Å². The van der Waals surface area contributed by atoms with Crippen molar-refractivity contribution in [1.82, 2.24) is 25.6 Å². The molecule has 10 heteroatoms. The van der Waals surface area contributed by atoms with E-state index in [1.165, 1.54) is 18.2 Å². The molecule has 2 N–H and O–H groups in total. The van der Waals surface area contributed by atoms with E-state index in [4.69, 9.17) is 0 Å². The summed E-state index contributed by atoms with van der Waals surface area (Å²) in [6.45, 7) is 2.81. The number of alkyl halides is 3. The molecular weight excluding hydrogens is 423 g/mol. The molecule has 2 aromatic carbocycles. The summed E-state index contributed by atoms with van der Waals surface area (Å²) in [5.74, 6) is -0.744. The first-order chi connectivity index (χ1) is 15.3. The van der Waals surface area contributed by atoms with Crippen LogP contribution in [0.3, 0.4) is 0 Å². The van der Waals surface area contributed by atoms with Crippen molar-refractivity contribution in [3.63, 3.8) is 0 Å². The summed E-state index contributed by atoms with van der Waals surface area (Å²) < 4.78 is 40.5. The summed E-state index contributed by atoms with van der Waals surface area (Å²) >= 11 is 0. The van der Waals surface area contributed by atoms with Crippen LogP contribution in [0.2, 0.25) is 0 Å². The summed E-state index contributed by atoms with van der Waals surface area (Å²) in [5.41, 5.74) is 0.0460. The Morgan fingerprint density at radius 3 is 2.41 bits per heavy atom. The zero-order valence-electron chi connectivity index (χ0n) is 17.3. The molecule has 0 radical (unpaired) electrons. The fourth-order valence-electron chi connectivity index (χ4n) is 2.93. The summed E-state index contributed by atoms with van der Waals surface area (Å²) in [5, 5.41) is 12.8. The van der Waals surface area contributed by atoms with Gasteiger partial charge in [-0.3, -0.25) is 9.59 Å². The molecule has 3 rings (SSSR count). The van der Waals surface area contributed by atoms with Crippen molar-refractivity contribution < 1.29 is 22.8 Å². The van der Waals surface area contributed by atoms with E-state index in [0.29, 0.717) is 12.1 Å². The first kappa shape index (κ1) is 23.0. The third-order valence-electron chi connectivity index (χ3n) is 4.67. The standard InChI is InChI=1S/C22H22F3N5O2/c1-2-3-12-26-20(31)16-10-8-15(9-11-16)13-27-21(32)18-14-30(29-28-18)19-7-5-4-6-17(19)22(23,24)25/h4-11,14H,2-3,12-13H2,1H3,(H,26,31)(H,27,32). The minimum absolute atomic E-state index is 0.117. The highest BCUT2D eigenvalue weighted by molar-refractivity contribution is 5.94. The molecule has 0 unspecified atom stereocenters. The molecule has 7 nitrogen and oxygen atoms in total. The Kier molecular flexibility index (Phi) is 7.24. The Bertz CT molecular complexity index is 1080. The van der Waals surface area contributed by atoms with Gasteiger partial charge in [0.15, 0.2) is 5.69 Å². The van der Waals surface area contributed by atoms with Gasteiger partial charge in [0, 0.05) is 18.7 Å². The van der Waals surface area contributed by atoms with E-state index in [2.05, 4.69) is 20.9 Å². The molecular formula is C22H22F3N5O2. The summed E-state index contributed by atoms with van der Waals surface area (Å²) in [4.78, 5) is 24.4. The minimum Gasteiger partial charge on any atom is -0.352 e. The van der Waals surface area contributed by atoms with E-state index in [0.717, 1.165) is 35.4 Å². The maximum atomic E-state index is 13.2. The molecule has 0 aliphatic rings. The Morgan fingerprint density at radius 1 is 1.00 bits per heavy atom. The van der Waals surface area contributed by atoms with E-state index in [1.807, 2.05) is 6.92 Å². The normalized spacial score (nSPS) is 11.2. The maximum Gasteiger partial charge on any atom is 0.418 e. The summed E-state index contributed by atoms with van der Waals surface area (Å²) in [7, 11) is 0. The molecule has 168 valence electrons. The minimum atomic E-state index is -4.57. The Labute approximate surface area is 182 Å². The number of carbonyl (C=O) groups excluding carboxylic acids is 2. The van der Waals surface area contributed by atoms with Gasteiger partial charge in [-0.2, -0.15) is 13.2 Å². The van der Waals surface area contributed by atoms with Crippen molar-refractivity contribution in [3.8, 4) is 5.69 Å².